The molecule has 3 rings (SSSR count). The van der Waals surface area contributed by atoms with Crippen LogP contribution in [-0.4, -0.2) is 9.97 Å². The molecule has 0 fully saturated rings. The molecule has 0 saturated carbocycles. The van der Waals surface area contributed by atoms with Gasteiger partial charge >= 0.3 is 0 Å². The highest BCUT2D eigenvalue weighted by atomic mass is 14.9. The molecule has 0 amide bonds. The fourth-order valence-electron chi connectivity index (χ4n) is 2.20. The molecular weight excluding hydrogens is 294 g/mol. The standard InChI is InChI=1S/C21H18N3/c1-18(21-10-3-6-15-23-21)11-12-20-9-4-7-16-24(20)17-13-19-8-2-5-14-22-19/h2-17H,1H2/q+1. The summed E-state index contributed by atoms with van der Waals surface area (Å²) in [6, 6.07) is 17.7. The molecule has 3 aromatic rings. The van der Waals surface area contributed by atoms with Crippen molar-refractivity contribution in [3.8, 4) is 0 Å². The van der Waals surface area contributed by atoms with Gasteiger partial charge in [0.2, 0.25) is 5.69 Å². The van der Waals surface area contributed by atoms with E-state index in [4.69, 9.17) is 0 Å². The van der Waals surface area contributed by atoms with Gasteiger partial charge in [-0.2, -0.15) is 4.57 Å². The van der Waals surface area contributed by atoms with Gasteiger partial charge in [-0.3, -0.25) is 9.97 Å². The van der Waals surface area contributed by atoms with Gasteiger partial charge in [0.25, 0.3) is 0 Å². The van der Waals surface area contributed by atoms with Gasteiger partial charge in [-0.15, -0.1) is 0 Å². The number of hydrogen-bond acceptors (Lipinski definition) is 2. The molecule has 0 aromatic carbocycles. The van der Waals surface area contributed by atoms with E-state index in [1.54, 1.807) is 12.4 Å². The smallest absolute Gasteiger partial charge is 0.210 e. The Labute approximate surface area is 142 Å². The van der Waals surface area contributed by atoms with Crippen molar-refractivity contribution in [1.29, 1.82) is 0 Å². The molecule has 0 aliphatic rings. The average Bonchev–Trinajstić information content (AvgIpc) is 2.66. The summed E-state index contributed by atoms with van der Waals surface area (Å²) in [5.41, 5.74) is 3.71. The first kappa shape index (κ1) is 15.6. The Kier molecular flexibility index (Phi) is 5.05. The zero-order valence-electron chi connectivity index (χ0n) is 13.3. The fourth-order valence-corrected chi connectivity index (χ4v) is 2.20. The second-order valence-corrected chi connectivity index (χ2v) is 5.18. The lowest BCUT2D eigenvalue weighted by Gasteiger charge is -1.98. The average molecular weight is 312 g/mol. The monoisotopic (exact) mass is 312 g/mol. The summed E-state index contributed by atoms with van der Waals surface area (Å²) < 4.78 is 2.04. The molecule has 3 heteroatoms. The highest BCUT2D eigenvalue weighted by Crippen LogP contribution is 2.11. The van der Waals surface area contributed by atoms with Crippen LogP contribution < -0.4 is 4.57 Å². The molecule has 0 saturated heterocycles. The number of nitrogens with zero attached hydrogens (tertiary/aromatic N) is 3. The van der Waals surface area contributed by atoms with Crippen molar-refractivity contribution in [2.24, 2.45) is 0 Å². The number of rotatable bonds is 5. The maximum atomic E-state index is 4.31. The number of hydrogen-bond donors (Lipinski definition) is 0. The highest BCUT2D eigenvalue weighted by Gasteiger charge is 2.03. The van der Waals surface area contributed by atoms with Crippen LogP contribution in [0.15, 0.2) is 85.8 Å². The second-order valence-electron chi connectivity index (χ2n) is 5.18. The second kappa shape index (κ2) is 7.79. The Morgan fingerprint density at radius 1 is 0.875 bits per heavy atom. The van der Waals surface area contributed by atoms with Crippen molar-refractivity contribution in [3.05, 3.63) is 103 Å². The van der Waals surface area contributed by atoms with Crippen LogP contribution >= 0.6 is 0 Å². The van der Waals surface area contributed by atoms with E-state index in [-0.39, 0.29) is 0 Å². The minimum atomic E-state index is 0.875. The highest BCUT2D eigenvalue weighted by molar-refractivity contribution is 5.74. The summed E-state index contributed by atoms with van der Waals surface area (Å²) in [4.78, 5) is 8.61. The van der Waals surface area contributed by atoms with E-state index in [2.05, 4.69) is 16.5 Å². The summed E-state index contributed by atoms with van der Waals surface area (Å²) in [7, 11) is 0. The SMILES string of the molecule is C=C(C=Cc1cccc[n+]1C=Cc1ccccn1)c1ccccn1. The first-order chi connectivity index (χ1) is 11.8. The van der Waals surface area contributed by atoms with Crippen LogP contribution in [-0.2, 0) is 0 Å². The van der Waals surface area contributed by atoms with Crippen LogP contribution in [0.2, 0.25) is 0 Å². The molecule has 0 radical (unpaired) electrons. The molecule has 0 atom stereocenters. The predicted octanol–water partition coefficient (Wildman–Crippen LogP) is 4.12. The van der Waals surface area contributed by atoms with Crippen LogP contribution in [0, 0.1) is 0 Å². The maximum absolute atomic E-state index is 4.31. The molecule has 0 bridgehead atoms. The normalized spacial score (nSPS) is 11.2. The van der Waals surface area contributed by atoms with Gasteiger partial charge in [0.05, 0.1) is 11.4 Å². The summed E-state index contributed by atoms with van der Waals surface area (Å²) in [6.45, 7) is 4.08. The number of pyridine rings is 3. The van der Waals surface area contributed by atoms with E-state index in [1.807, 2.05) is 89.8 Å². The molecule has 0 aliphatic carbocycles. The molecule has 116 valence electrons. The van der Waals surface area contributed by atoms with E-state index in [1.165, 1.54) is 0 Å². The predicted molar refractivity (Wildman–Crippen MR) is 98.4 cm³/mol. The number of allylic oxidation sites excluding steroid dienone is 2. The van der Waals surface area contributed by atoms with Gasteiger partial charge in [0.1, 0.15) is 0 Å². The Hall–Kier alpha value is -3.33. The van der Waals surface area contributed by atoms with Crippen molar-refractivity contribution < 1.29 is 4.57 Å². The third-order valence-corrected chi connectivity index (χ3v) is 3.47. The summed E-state index contributed by atoms with van der Waals surface area (Å²) in [6.07, 6.45) is 13.5. The van der Waals surface area contributed by atoms with E-state index in [9.17, 15) is 0 Å². The van der Waals surface area contributed by atoms with Crippen molar-refractivity contribution in [3.63, 3.8) is 0 Å². The Balaban J connectivity index is 1.81. The summed E-state index contributed by atoms with van der Waals surface area (Å²) >= 11 is 0. The van der Waals surface area contributed by atoms with Gasteiger partial charge < -0.3 is 0 Å². The zero-order chi connectivity index (χ0) is 16.6. The lowest BCUT2D eigenvalue weighted by atomic mass is 10.1. The van der Waals surface area contributed by atoms with Crippen LogP contribution in [0.25, 0.3) is 23.9 Å². The van der Waals surface area contributed by atoms with Crippen LogP contribution in [0.3, 0.4) is 0 Å². The van der Waals surface area contributed by atoms with Crippen molar-refractivity contribution in [1.82, 2.24) is 9.97 Å². The molecule has 0 unspecified atom stereocenters. The quantitative estimate of drug-likeness (QED) is 0.524. The van der Waals surface area contributed by atoms with E-state index >= 15 is 0 Å². The Morgan fingerprint density at radius 2 is 1.67 bits per heavy atom. The Bertz CT molecular complexity index is 866. The summed E-state index contributed by atoms with van der Waals surface area (Å²) in [5, 5.41) is 0. The zero-order valence-corrected chi connectivity index (χ0v) is 13.3. The van der Waals surface area contributed by atoms with Gasteiger partial charge in [-0.1, -0.05) is 18.7 Å². The van der Waals surface area contributed by atoms with Crippen molar-refractivity contribution in [2.75, 3.05) is 0 Å². The third kappa shape index (κ3) is 4.11. The molecular formula is C21H18N3+. The third-order valence-electron chi connectivity index (χ3n) is 3.47. The fraction of sp³-hybridized carbons (Fsp3) is 0. The molecule has 24 heavy (non-hydrogen) atoms. The minimum absolute atomic E-state index is 0.875. The van der Waals surface area contributed by atoms with E-state index in [0.717, 1.165) is 22.7 Å². The van der Waals surface area contributed by atoms with Crippen LogP contribution in [0.5, 0.6) is 0 Å². The molecule has 0 N–H and O–H groups in total. The van der Waals surface area contributed by atoms with E-state index < -0.39 is 0 Å². The number of aromatic nitrogens is 3. The lowest BCUT2D eigenvalue weighted by Crippen LogP contribution is -2.28. The maximum Gasteiger partial charge on any atom is 0.210 e. The van der Waals surface area contributed by atoms with Crippen LogP contribution in [0.1, 0.15) is 17.1 Å². The van der Waals surface area contributed by atoms with Gasteiger partial charge in [0, 0.05) is 36.7 Å². The van der Waals surface area contributed by atoms with Gasteiger partial charge in [-0.25, -0.2) is 0 Å². The summed E-state index contributed by atoms with van der Waals surface area (Å²) in [5.74, 6) is 0. The largest absolute Gasteiger partial charge is 0.257 e. The molecule has 3 heterocycles. The van der Waals surface area contributed by atoms with E-state index in [0.29, 0.717) is 0 Å². The van der Waals surface area contributed by atoms with Crippen LogP contribution in [0.4, 0.5) is 0 Å². The molecule has 0 spiro atoms. The van der Waals surface area contributed by atoms with Gasteiger partial charge in [-0.05, 0) is 42.0 Å². The first-order valence-electron chi connectivity index (χ1n) is 7.71. The van der Waals surface area contributed by atoms with Gasteiger partial charge in [0.15, 0.2) is 12.4 Å². The Morgan fingerprint density at radius 3 is 2.42 bits per heavy atom. The topological polar surface area (TPSA) is 29.7 Å². The minimum Gasteiger partial charge on any atom is -0.257 e. The van der Waals surface area contributed by atoms with Crippen molar-refractivity contribution in [2.45, 2.75) is 0 Å². The molecule has 3 aromatic heterocycles. The van der Waals surface area contributed by atoms with Crippen molar-refractivity contribution >= 4 is 23.9 Å². The molecule has 3 nitrogen and oxygen atoms in total. The molecule has 0 aliphatic heterocycles. The lowest BCUT2D eigenvalue weighted by molar-refractivity contribution is -0.569. The first-order valence-corrected chi connectivity index (χ1v) is 7.71.